The fraction of sp³-hybridized carbons (Fsp3) is 0.143. The van der Waals surface area contributed by atoms with Crippen LogP contribution in [0.3, 0.4) is 0 Å². The van der Waals surface area contributed by atoms with Crippen molar-refractivity contribution in [2.45, 2.75) is 13.5 Å². The minimum atomic E-state index is -1.12. The summed E-state index contributed by atoms with van der Waals surface area (Å²) in [5.74, 6) is -1.12. The van der Waals surface area contributed by atoms with Crippen LogP contribution in [0.25, 0.3) is 11.0 Å². The van der Waals surface area contributed by atoms with Crippen LogP contribution in [0, 0.1) is 6.92 Å². The summed E-state index contributed by atoms with van der Waals surface area (Å²) in [5.41, 5.74) is 1.57. The average Bonchev–Trinajstić information content (AvgIpc) is 2.79. The first-order valence-electron chi connectivity index (χ1n) is 6.29. The molecule has 3 rings (SSSR count). The average molecular weight is 284 g/mol. The number of hydrogen-bond acceptors (Lipinski definition) is 4. The van der Waals surface area contributed by atoms with Crippen molar-refractivity contribution >= 4 is 17.0 Å². The van der Waals surface area contributed by atoms with Gasteiger partial charge in [-0.2, -0.15) is 5.10 Å². The SMILES string of the molecule is Cc1cc(=O)[nH]c2c1c(C(=O)O)nn2Cc1ccncc1. The van der Waals surface area contributed by atoms with E-state index in [2.05, 4.69) is 15.1 Å². The van der Waals surface area contributed by atoms with E-state index in [0.29, 0.717) is 23.1 Å². The van der Waals surface area contributed by atoms with Gasteiger partial charge in [0.15, 0.2) is 5.69 Å². The zero-order valence-electron chi connectivity index (χ0n) is 11.2. The van der Waals surface area contributed by atoms with Crippen LogP contribution in [0.1, 0.15) is 21.6 Å². The predicted molar refractivity (Wildman–Crippen MR) is 75.4 cm³/mol. The lowest BCUT2D eigenvalue weighted by Crippen LogP contribution is -2.09. The summed E-state index contributed by atoms with van der Waals surface area (Å²) >= 11 is 0. The Kier molecular flexibility index (Phi) is 3.02. The molecule has 7 heteroatoms. The van der Waals surface area contributed by atoms with Crippen LogP contribution >= 0.6 is 0 Å². The van der Waals surface area contributed by atoms with Crippen LogP contribution in [0.4, 0.5) is 0 Å². The molecule has 0 atom stereocenters. The van der Waals surface area contributed by atoms with Crippen LogP contribution in [-0.2, 0) is 6.54 Å². The highest BCUT2D eigenvalue weighted by Gasteiger charge is 2.19. The Bertz CT molecular complexity index is 880. The van der Waals surface area contributed by atoms with Gasteiger partial charge >= 0.3 is 5.97 Å². The van der Waals surface area contributed by atoms with Gasteiger partial charge in [0, 0.05) is 18.5 Å². The fourth-order valence-corrected chi connectivity index (χ4v) is 2.31. The fourth-order valence-electron chi connectivity index (χ4n) is 2.31. The number of carbonyl (C=O) groups is 1. The van der Waals surface area contributed by atoms with E-state index in [1.807, 2.05) is 12.1 Å². The molecule has 3 aromatic rings. The molecule has 106 valence electrons. The molecule has 0 aromatic carbocycles. The van der Waals surface area contributed by atoms with Crippen molar-refractivity contribution in [3.05, 3.63) is 57.8 Å². The van der Waals surface area contributed by atoms with Gasteiger partial charge in [-0.3, -0.25) is 9.78 Å². The number of pyridine rings is 2. The highest BCUT2D eigenvalue weighted by molar-refractivity contribution is 6.01. The molecule has 7 nitrogen and oxygen atoms in total. The number of carboxylic acids is 1. The summed E-state index contributed by atoms with van der Waals surface area (Å²) in [6, 6.07) is 4.98. The maximum Gasteiger partial charge on any atom is 0.357 e. The number of aromatic carboxylic acids is 1. The predicted octanol–water partition coefficient (Wildman–Crippen LogP) is 1.17. The Morgan fingerprint density at radius 2 is 2.10 bits per heavy atom. The molecule has 0 aliphatic rings. The summed E-state index contributed by atoms with van der Waals surface area (Å²) < 4.78 is 1.49. The van der Waals surface area contributed by atoms with Gasteiger partial charge < -0.3 is 10.1 Å². The van der Waals surface area contributed by atoms with Crippen LogP contribution in [-0.4, -0.2) is 30.8 Å². The maximum atomic E-state index is 11.6. The first kappa shape index (κ1) is 13.0. The number of nitrogens with zero attached hydrogens (tertiary/aromatic N) is 3. The third-order valence-corrected chi connectivity index (χ3v) is 3.22. The number of rotatable bonds is 3. The van der Waals surface area contributed by atoms with E-state index in [1.54, 1.807) is 19.3 Å². The van der Waals surface area contributed by atoms with Crippen molar-refractivity contribution in [2.24, 2.45) is 0 Å². The molecule has 21 heavy (non-hydrogen) atoms. The standard InChI is InChI=1S/C14H12N4O3/c1-8-6-10(19)16-13-11(8)12(14(20)21)17-18(13)7-9-2-4-15-5-3-9/h2-6H,7H2,1H3,(H,16,19)(H,20,21). The molecule has 0 bridgehead atoms. The first-order valence-corrected chi connectivity index (χ1v) is 6.29. The van der Waals surface area contributed by atoms with E-state index >= 15 is 0 Å². The zero-order valence-corrected chi connectivity index (χ0v) is 11.2. The molecule has 0 fully saturated rings. The Balaban J connectivity index is 2.23. The number of aromatic nitrogens is 4. The number of carboxylic acid groups (broad SMARTS) is 1. The quantitative estimate of drug-likeness (QED) is 0.752. The van der Waals surface area contributed by atoms with Gasteiger partial charge in [0.05, 0.1) is 11.9 Å². The molecule has 2 N–H and O–H groups in total. The van der Waals surface area contributed by atoms with Crippen molar-refractivity contribution in [1.82, 2.24) is 19.7 Å². The number of H-pyrrole nitrogens is 1. The van der Waals surface area contributed by atoms with Gasteiger partial charge in [-0.1, -0.05) is 0 Å². The summed E-state index contributed by atoms with van der Waals surface area (Å²) in [7, 11) is 0. The molecule has 3 aromatic heterocycles. The van der Waals surface area contributed by atoms with Gasteiger partial charge in [0.25, 0.3) is 0 Å². The molecule has 0 aliphatic heterocycles. The highest BCUT2D eigenvalue weighted by Crippen LogP contribution is 2.20. The van der Waals surface area contributed by atoms with Gasteiger partial charge in [-0.25, -0.2) is 9.48 Å². The zero-order chi connectivity index (χ0) is 15.0. The lowest BCUT2D eigenvalue weighted by Gasteiger charge is -2.03. The van der Waals surface area contributed by atoms with Crippen molar-refractivity contribution in [3.8, 4) is 0 Å². The number of nitrogens with one attached hydrogen (secondary N) is 1. The van der Waals surface area contributed by atoms with Crippen molar-refractivity contribution < 1.29 is 9.90 Å². The van der Waals surface area contributed by atoms with Gasteiger partial charge in [-0.15, -0.1) is 0 Å². The normalized spacial score (nSPS) is 10.9. The molecule has 0 aliphatic carbocycles. The third-order valence-electron chi connectivity index (χ3n) is 3.22. The van der Waals surface area contributed by atoms with Crippen LogP contribution < -0.4 is 5.56 Å². The largest absolute Gasteiger partial charge is 0.476 e. The molecule has 0 saturated carbocycles. The van der Waals surface area contributed by atoms with Crippen LogP contribution in [0.2, 0.25) is 0 Å². The van der Waals surface area contributed by atoms with E-state index in [9.17, 15) is 14.7 Å². The van der Waals surface area contributed by atoms with E-state index < -0.39 is 5.97 Å². The molecule has 0 spiro atoms. The van der Waals surface area contributed by atoms with Crippen LogP contribution in [0.15, 0.2) is 35.4 Å². The molecule has 0 amide bonds. The summed E-state index contributed by atoms with van der Waals surface area (Å²) in [6.45, 7) is 2.05. The van der Waals surface area contributed by atoms with Crippen LogP contribution in [0.5, 0.6) is 0 Å². The van der Waals surface area contributed by atoms with Gasteiger partial charge in [0.2, 0.25) is 5.56 Å². The summed E-state index contributed by atoms with van der Waals surface area (Å²) in [5, 5.41) is 13.8. The Labute approximate surface area is 118 Å². The number of aryl methyl sites for hydroxylation is 1. The lowest BCUT2D eigenvalue weighted by atomic mass is 10.1. The highest BCUT2D eigenvalue weighted by atomic mass is 16.4. The van der Waals surface area contributed by atoms with Crippen molar-refractivity contribution in [1.29, 1.82) is 0 Å². The Morgan fingerprint density at radius 3 is 2.76 bits per heavy atom. The second-order valence-corrected chi connectivity index (χ2v) is 4.71. The molecule has 0 unspecified atom stereocenters. The smallest absolute Gasteiger partial charge is 0.357 e. The minimum Gasteiger partial charge on any atom is -0.476 e. The Hall–Kier alpha value is -2.96. The first-order chi connectivity index (χ1) is 10.1. The number of fused-ring (bicyclic) bond motifs is 1. The van der Waals surface area contributed by atoms with E-state index in [-0.39, 0.29) is 11.3 Å². The van der Waals surface area contributed by atoms with Gasteiger partial charge in [-0.05, 0) is 30.2 Å². The summed E-state index contributed by atoms with van der Waals surface area (Å²) in [4.78, 5) is 29.6. The molecule has 0 radical (unpaired) electrons. The maximum absolute atomic E-state index is 11.6. The van der Waals surface area contributed by atoms with Crippen molar-refractivity contribution in [2.75, 3.05) is 0 Å². The topological polar surface area (TPSA) is 101 Å². The minimum absolute atomic E-state index is 0.0622. The Morgan fingerprint density at radius 1 is 1.38 bits per heavy atom. The number of hydrogen-bond donors (Lipinski definition) is 2. The molecule has 0 saturated heterocycles. The van der Waals surface area contributed by atoms with Gasteiger partial charge in [0.1, 0.15) is 5.65 Å². The summed E-state index contributed by atoms with van der Waals surface area (Å²) in [6.07, 6.45) is 3.29. The monoisotopic (exact) mass is 284 g/mol. The second kappa shape index (κ2) is 4.86. The molecular weight excluding hydrogens is 272 g/mol. The van der Waals surface area contributed by atoms with E-state index in [1.165, 1.54) is 10.7 Å². The number of aromatic amines is 1. The van der Waals surface area contributed by atoms with E-state index in [4.69, 9.17) is 0 Å². The van der Waals surface area contributed by atoms with E-state index in [0.717, 1.165) is 5.56 Å². The third kappa shape index (κ3) is 2.29. The lowest BCUT2D eigenvalue weighted by molar-refractivity contribution is 0.0691. The molecule has 3 heterocycles. The second-order valence-electron chi connectivity index (χ2n) is 4.71. The van der Waals surface area contributed by atoms with Crippen molar-refractivity contribution in [3.63, 3.8) is 0 Å². The molecular formula is C14H12N4O3.